The third kappa shape index (κ3) is 4.40. The Labute approximate surface area is 149 Å². The molecule has 1 heterocycles. The molecule has 0 atom stereocenters. The summed E-state index contributed by atoms with van der Waals surface area (Å²) < 4.78 is 0. The number of rotatable bonds is 4. The molecule has 0 saturated heterocycles. The summed E-state index contributed by atoms with van der Waals surface area (Å²) in [5.41, 5.74) is 0.840. The molecule has 0 bridgehead atoms. The third-order valence-electron chi connectivity index (χ3n) is 3.74. The van der Waals surface area contributed by atoms with Gasteiger partial charge in [0.1, 0.15) is 10.8 Å². The van der Waals surface area contributed by atoms with Crippen molar-refractivity contribution >= 4 is 46.6 Å². The van der Waals surface area contributed by atoms with Gasteiger partial charge in [0.05, 0.1) is 5.02 Å². The molecular formula is C17H16Cl2N2OS. The van der Waals surface area contributed by atoms with E-state index in [0.29, 0.717) is 5.69 Å². The molecule has 2 aromatic rings. The van der Waals surface area contributed by atoms with Gasteiger partial charge in [-0.1, -0.05) is 36.0 Å². The predicted molar refractivity (Wildman–Crippen MR) is 96.8 cm³/mol. The highest BCUT2D eigenvalue weighted by Crippen LogP contribution is 2.35. The molecular weight excluding hydrogens is 351 g/mol. The van der Waals surface area contributed by atoms with Gasteiger partial charge in [0.2, 0.25) is 0 Å². The number of amides is 1. The van der Waals surface area contributed by atoms with E-state index >= 15 is 0 Å². The Bertz CT molecular complexity index is 700. The first-order valence-electron chi connectivity index (χ1n) is 7.52. The Balaban J connectivity index is 1.65. The molecule has 1 saturated carbocycles. The summed E-state index contributed by atoms with van der Waals surface area (Å²) in [6.45, 7) is 0. The Morgan fingerprint density at radius 1 is 1.09 bits per heavy atom. The fourth-order valence-electron chi connectivity index (χ4n) is 2.58. The molecule has 3 nitrogen and oxygen atoms in total. The summed E-state index contributed by atoms with van der Waals surface area (Å²) in [5, 5.41) is 4.04. The van der Waals surface area contributed by atoms with Gasteiger partial charge in [-0.05, 0) is 49.2 Å². The summed E-state index contributed by atoms with van der Waals surface area (Å²) in [7, 11) is 0. The van der Waals surface area contributed by atoms with Crippen molar-refractivity contribution in [3.8, 4) is 0 Å². The topological polar surface area (TPSA) is 42.0 Å². The lowest BCUT2D eigenvalue weighted by Gasteiger charge is -2.10. The van der Waals surface area contributed by atoms with Crippen LogP contribution in [0.5, 0.6) is 0 Å². The molecule has 1 amide bonds. The third-order valence-corrected chi connectivity index (χ3v) is 5.61. The van der Waals surface area contributed by atoms with Gasteiger partial charge >= 0.3 is 0 Å². The van der Waals surface area contributed by atoms with Crippen LogP contribution in [0.25, 0.3) is 0 Å². The van der Waals surface area contributed by atoms with Gasteiger partial charge in [-0.25, -0.2) is 4.98 Å². The van der Waals surface area contributed by atoms with Gasteiger partial charge in [-0.2, -0.15) is 0 Å². The first-order valence-corrected chi connectivity index (χ1v) is 9.15. The average Bonchev–Trinajstić information content (AvgIpc) is 3.04. The number of nitrogens with zero attached hydrogens (tertiary/aromatic N) is 1. The number of hydrogen-bond donors (Lipinski definition) is 1. The van der Waals surface area contributed by atoms with Crippen molar-refractivity contribution in [2.75, 3.05) is 5.32 Å². The van der Waals surface area contributed by atoms with E-state index in [0.717, 1.165) is 5.25 Å². The van der Waals surface area contributed by atoms with Crippen molar-refractivity contribution in [3.63, 3.8) is 0 Å². The minimum atomic E-state index is -0.367. The van der Waals surface area contributed by atoms with Crippen LogP contribution >= 0.6 is 35.0 Å². The zero-order valence-corrected chi connectivity index (χ0v) is 14.7. The largest absolute Gasteiger partial charge is 0.321 e. The van der Waals surface area contributed by atoms with Crippen LogP contribution in [0.3, 0.4) is 0 Å². The van der Waals surface area contributed by atoms with E-state index < -0.39 is 0 Å². The molecule has 1 fully saturated rings. The maximum atomic E-state index is 12.2. The van der Waals surface area contributed by atoms with Crippen molar-refractivity contribution in [1.29, 1.82) is 0 Å². The van der Waals surface area contributed by atoms with Gasteiger partial charge in [0.25, 0.3) is 5.91 Å². The number of aromatic nitrogens is 1. The highest BCUT2D eigenvalue weighted by Gasteiger charge is 2.16. The summed E-state index contributed by atoms with van der Waals surface area (Å²) in [5.74, 6) is -0.367. The molecule has 0 unspecified atom stereocenters. The molecule has 6 heteroatoms. The molecule has 1 aliphatic rings. The Hall–Kier alpha value is -1.23. The number of pyridine rings is 1. The zero-order chi connectivity index (χ0) is 16.2. The molecule has 23 heavy (non-hydrogen) atoms. The van der Waals surface area contributed by atoms with E-state index in [1.807, 2.05) is 36.0 Å². The van der Waals surface area contributed by atoms with Gasteiger partial charge in [0, 0.05) is 15.8 Å². The minimum Gasteiger partial charge on any atom is -0.321 e. The lowest BCUT2D eigenvalue weighted by molar-refractivity contribution is 0.102. The van der Waals surface area contributed by atoms with E-state index in [1.165, 1.54) is 30.6 Å². The second-order valence-electron chi connectivity index (χ2n) is 5.47. The van der Waals surface area contributed by atoms with Crippen LogP contribution < -0.4 is 5.32 Å². The van der Waals surface area contributed by atoms with Gasteiger partial charge in [0.15, 0.2) is 0 Å². The van der Waals surface area contributed by atoms with Crippen LogP contribution in [0.1, 0.15) is 36.2 Å². The summed E-state index contributed by atoms with van der Waals surface area (Å²) in [6, 6.07) is 11.0. The second-order valence-corrected chi connectivity index (χ2v) is 7.64. The number of nitrogens with one attached hydrogen (secondary N) is 1. The average molecular weight is 367 g/mol. The SMILES string of the molecule is O=C(Nc1ccc(SC2CCCC2)cc1)c1nc(Cl)ccc1Cl. The first kappa shape index (κ1) is 16.6. The quantitative estimate of drug-likeness (QED) is 0.708. The lowest BCUT2D eigenvalue weighted by Crippen LogP contribution is -2.14. The number of anilines is 1. The molecule has 1 N–H and O–H groups in total. The monoisotopic (exact) mass is 366 g/mol. The van der Waals surface area contributed by atoms with E-state index in [4.69, 9.17) is 23.2 Å². The molecule has 1 aromatic heterocycles. The molecule has 0 aliphatic heterocycles. The van der Waals surface area contributed by atoms with Crippen molar-refractivity contribution < 1.29 is 4.79 Å². The first-order chi connectivity index (χ1) is 11.1. The Morgan fingerprint density at radius 2 is 1.78 bits per heavy atom. The lowest BCUT2D eigenvalue weighted by atomic mass is 10.3. The molecule has 1 aliphatic carbocycles. The summed E-state index contributed by atoms with van der Waals surface area (Å²) >= 11 is 13.7. The standard InChI is InChI=1S/C17H16Cl2N2OS/c18-14-9-10-15(19)21-16(14)17(22)20-11-5-7-13(8-6-11)23-12-3-1-2-4-12/h5-10,12H,1-4H2,(H,20,22). The van der Waals surface area contributed by atoms with Gasteiger partial charge < -0.3 is 5.32 Å². The molecule has 120 valence electrons. The Morgan fingerprint density at radius 3 is 2.48 bits per heavy atom. The van der Waals surface area contributed by atoms with E-state index in [9.17, 15) is 4.79 Å². The van der Waals surface area contributed by atoms with Crippen LogP contribution in [0.15, 0.2) is 41.3 Å². The Kier molecular flexibility index (Phi) is 5.46. The number of halogens is 2. The van der Waals surface area contributed by atoms with Crippen LogP contribution in [-0.2, 0) is 0 Å². The fourth-order valence-corrected chi connectivity index (χ4v) is 4.17. The van der Waals surface area contributed by atoms with Crippen LogP contribution in [0, 0.1) is 0 Å². The smallest absolute Gasteiger partial charge is 0.275 e. The van der Waals surface area contributed by atoms with Crippen molar-refractivity contribution in [1.82, 2.24) is 4.98 Å². The molecule has 3 rings (SSSR count). The second kappa shape index (κ2) is 7.56. The van der Waals surface area contributed by atoms with Gasteiger partial charge in [-0.15, -0.1) is 11.8 Å². The van der Waals surface area contributed by atoms with E-state index in [2.05, 4.69) is 10.3 Å². The minimum absolute atomic E-state index is 0.128. The summed E-state index contributed by atoms with van der Waals surface area (Å²) in [6.07, 6.45) is 5.25. The van der Waals surface area contributed by atoms with Crippen LogP contribution in [0.4, 0.5) is 5.69 Å². The molecule has 0 spiro atoms. The highest BCUT2D eigenvalue weighted by molar-refractivity contribution is 8.00. The predicted octanol–water partition coefficient (Wildman–Crippen LogP) is 5.68. The summed E-state index contributed by atoms with van der Waals surface area (Å²) in [4.78, 5) is 17.4. The van der Waals surface area contributed by atoms with E-state index in [1.54, 1.807) is 12.1 Å². The maximum Gasteiger partial charge on any atom is 0.275 e. The van der Waals surface area contributed by atoms with Crippen molar-refractivity contribution in [2.24, 2.45) is 0 Å². The van der Waals surface area contributed by atoms with E-state index in [-0.39, 0.29) is 21.8 Å². The highest BCUT2D eigenvalue weighted by atomic mass is 35.5. The van der Waals surface area contributed by atoms with Crippen LogP contribution in [-0.4, -0.2) is 16.1 Å². The zero-order valence-electron chi connectivity index (χ0n) is 12.4. The number of benzene rings is 1. The molecule has 0 radical (unpaired) electrons. The normalized spacial score (nSPS) is 14.9. The number of thioether (sulfide) groups is 1. The number of hydrogen-bond acceptors (Lipinski definition) is 3. The van der Waals surface area contributed by atoms with Crippen LogP contribution in [0.2, 0.25) is 10.2 Å². The maximum absolute atomic E-state index is 12.2. The molecule has 1 aromatic carbocycles. The van der Waals surface area contributed by atoms with Gasteiger partial charge in [-0.3, -0.25) is 4.79 Å². The fraction of sp³-hybridized carbons (Fsp3) is 0.294. The number of carbonyl (C=O) groups is 1. The number of carbonyl (C=O) groups excluding carboxylic acids is 1. The van der Waals surface area contributed by atoms with Crippen molar-refractivity contribution in [2.45, 2.75) is 35.8 Å². The van der Waals surface area contributed by atoms with Crippen molar-refractivity contribution in [3.05, 3.63) is 52.3 Å².